The summed E-state index contributed by atoms with van der Waals surface area (Å²) in [5.41, 5.74) is 5.32. The van der Waals surface area contributed by atoms with Crippen LogP contribution in [0.15, 0.2) is 23.1 Å². The van der Waals surface area contributed by atoms with Crippen LogP contribution in [0.3, 0.4) is 0 Å². The van der Waals surface area contributed by atoms with Crippen molar-refractivity contribution in [3.05, 3.63) is 23.8 Å². The summed E-state index contributed by atoms with van der Waals surface area (Å²) >= 11 is 0. The summed E-state index contributed by atoms with van der Waals surface area (Å²) < 4.78 is 33.6. The number of rotatable bonds is 6. The fraction of sp³-hybridized carbons (Fsp3) is 0.692. The minimum absolute atomic E-state index is 0.0266. The summed E-state index contributed by atoms with van der Waals surface area (Å²) in [5.74, 6) is 1.74. The molecule has 9 heteroatoms. The molecule has 2 amide bonds. The van der Waals surface area contributed by atoms with Gasteiger partial charge in [-0.15, -0.1) is 0 Å². The molecule has 1 aromatic rings. The average molecular weight is 504 g/mol. The number of amides is 2. The van der Waals surface area contributed by atoms with Crippen molar-refractivity contribution < 1.29 is 22.7 Å². The smallest absolute Gasteiger partial charge is 0.269 e. The van der Waals surface area contributed by atoms with E-state index in [0.29, 0.717) is 13.0 Å². The first-order valence-corrected chi connectivity index (χ1v) is 14.4. The maximum absolute atomic E-state index is 13.4. The molecule has 35 heavy (non-hydrogen) atoms. The van der Waals surface area contributed by atoms with Gasteiger partial charge in [-0.2, -0.15) is 4.31 Å². The molecule has 1 heterocycles. The number of carbonyl (C=O) groups excluding carboxylic acids is 2. The fourth-order valence-corrected chi connectivity index (χ4v) is 9.55. The number of hydrogen-bond acceptors (Lipinski definition) is 5. The van der Waals surface area contributed by atoms with E-state index in [-0.39, 0.29) is 33.6 Å². The van der Waals surface area contributed by atoms with Crippen molar-refractivity contribution in [1.29, 1.82) is 0 Å². The number of nitrogens with zero attached hydrogens (tertiary/aromatic N) is 1. The normalized spacial score (nSPS) is 32.3. The second kappa shape index (κ2) is 9.39. The molecule has 5 fully saturated rings. The topological polar surface area (TPSA) is 105 Å². The molecule has 6 rings (SSSR count). The number of carbonyl (C=O) groups is 2. The van der Waals surface area contributed by atoms with Crippen molar-refractivity contribution in [2.75, 3.05) is 13.7 Å². The molecule has 5 aliphatic rings. The van der Waals surface area contributed by atoms with E-state index >= 15 is 0 Å². The zero-order chi connectivity index (χ0) is 24.8. The van der Waals surface area contributed by atoms with Crippen LogP contribution in [0.25, 0.3) is 0 Å². The molecule has 4 saturated carbocycles. The van der Waals surface area contributed by atoms with Crippen LogP contribution >= 0.6 is 0 Å². The van der Waals surface area contributed by atoms with Crippen LogP contribution in [0.2, 0.25) is 0 Å². The molecule has 1 unspecified atom stereocenters. The maximum Gasteiger partial charge on any atom is 0.269 e. The zero-order valence-corrected chi connectivity index (χ0v) is 21.5. The van der Waals surface area contributed by atoms with Crippen LogP contribution < -0.4 is 15.6 Å². The molecule has 1 saturated heterocycles. The molecule has 0 aromatic heterocycles. The van der Waals surface area contributed by atoms with Gasteiger partial charge in [0.1, 0.15) is 10.6 Å². The molecule has 1 aliphatic heterocycles. The standard InChI is InChI=1S/C26H37N3O5S/c1-17-5-3-4-8-29(17)35(32,33)23-12-21(6-7-22(23)34-2)25(31)28-27-24(30)16-26-13-18-9-19(14-26)11-20(10-18)15-26/h6-7,12,17-20H,3-5,8-11,13-16H2,1-2H3,(H,27,30)(H,28,31). The molecular formula is C26H37N3O5S. The van der Waals surface area contributed by atoms with Crippen molar-refractivity contribution >= 4 is 21.8 Å². The van der Waals surface area contributed by atoms with Crippen molar-refractivity contribution in [3.63, 3.8) is 0 Å². The highest BCUT2D eigenvalue weighted by molar-refractivity contribution is 7.89. The number of piperidine rings is 1. The quantitative estimate of drug-likeness (QED) is 0.577. The Morgan fingerprint density at radius 3 is 2.31 bits per heavy atom. The molecule has 0 radical (unpaired) electrons. The average Bonchev–Trinajstić information content (AvgIpc) is 2.81. The van der Waals surface area contributed by atoms with Gasteiger partial charge in [0.15, 0.2) is 0 Å². The molecule has 4 aliphatic carbocycles. The van der Waals surface area contributed by atoms with E-state index in [0.717, 1.165) is 56.3 Å². The maximum atomic E-state index is 13.4. The fourth-order valence-electron chi connectivity index (χ4n) is 7.66. The van der Waals surface area contributed by atoms with Gasteiger partial charge in [0.05, 0.1) is 7.11 Å². The van der Waals surface area contributed by atoms with E-state index in [1.807, 2.05) is 6.92 Å². The third-order valence-electron chi connectivity index (χ3n) is 8.77. The number of methoxy groups -OCH3 is 1. The SMILES string of the molecule is COc1ccc(C(=O)NNC(=O)CC23CC4CC(CC(C4)C2)C3)cc1S(=O)(=O)N1CCCCC1C. The molecular weight excluding hydrogens is 466 g/mol. The highest BCUT2D eigenvalue weighted by Gasteiger charge is 2.51. The minimum atomic E-state index is -3.83. The van der Waals surface area contributed by atoms with Crippen molar-refractivity contribution in [2.24, 2.45) is 23.2 Å². The first-order valence-electron chi connectivity index (χ1n) is 13.0. The van der Waals surface area contributed by atoms with Gasteiger partial charge in [0.2, 0.25) is 15.9 Å². The van der Waals surface area contributed by atoms with Gasteiger partial charge in [0, 0.05) is 24.6 Å². The molecule has 4 bridgehead atoms. The predicted molar refractivity (Wildman–Crippen MR) is 131 cm³/mol. The van der Waals surface area contributed by atoms with E-state index in [2.05, 4.69) is 10.9 Å². The van der Waals surface area contributed by atoms with Gasteiger partial charge in [-0.25, -0.2) is 8.42 Å². The summed E-state index contributed by atoms with van der Waals surface area (Å²) in [4.78, 5) is 25.6. The van der Waals surface area contributed by atoms with E-state index in [1.165, 1.54) is 48.9 Å². The van der Waals surface area contributed by atoms with Crippen LogP contribution in [-0.2, 0) is 14.8 Å². The van der Waals surface area contributed by atoms with Crippen LogP contribution in [-0.4, -0.2) is 44.2 Å². The Balaban J connectivity index is 1.25. The van der Waals surface area contributed by atoms with E-state index in [4.69, 9.17) is 4.74 Å². The summed E-state index contributed by atoms with van der Waals surface area (Å²) in [6, 6.07) is 4.24. The summed E-state index contributed by atoms with van der Waals surface area (Å²) in [6.07, 6.45) is 10.4. The lowest BCUT2D eigenvalue weighted by Gasteiger charge is -2.56. The number of benzene rings is 1. The van der Waals surface area contributed by atoms with Crippen LogP contribution in [0, 0.1) is 23.2 Å². The molecule has 192 valence electrons. The molecule has 1 aromatic carbocycles. The molecule has 2 N–H and O–H groups in total. The number of nitrogens with one attached hydrogen (secondary N) is 2. The second-order valence-electron chi connectivity index (χ2n) is 11.4. The highest BCUT2D eigenvalue weighted by atomic mass is 32.2. The zero-order valence-electron chi connectivity index (χ0n) is 20.7. The Labute approximate surface area is 208 Å². The number of ether oxygens (including phenoxy) is 1. The number of hydrogen-bond donors (Lipinski definition) is 2. The molecule has 8 nitrogen and oxygen atoms in total. The number of sulfonamides is 1. The largest absolute Gasteiger partial charge is 0.495 e. The Morgan fingerprint density at radius 1 is 1.06 bits per heavy atom. The Morgan fingerprint density at radius 2 is 1.71 bits per heavy atom. The third kappa shape index (κ3) is 4.81. The van der Waals surface area contributed by atoms with Crippen molar-refractivity contribution in [3.8, 4) is 5.75 Å². The van der Waals surface area contributed by atoms with Crippen LogP contribution in [0.4, 0.5) is 0 Å². The Bertz CT molecular complexity index is 1070. The first-order chi connectivity index (χ1) is 16.7. The van der Waals surface area contributed by atoms with Gasteiger partial charge in [-0.3, -0.25) is 20.4 Å². The van der Waals surface area contributed by atoms with Crippen LogP contribution in [0.5, 0.6) is 5.75 Å². The highest BCUT2D eigenvalue weighted by Crippen LogP contribution is 2.61. The third-order valence-corrected chi connectivity index (χ3v) is 10.8. The summed E-state index contributed by atoms with van der Waals surface area (Å²) in [7, 11) is -2.42. The molecule has 1 atom stereocenters. The van der Waals surface area contributed by atoms with Crippen molar-refractivity contribution in [1.82, 2.24) is 15.2 Å². The first kappa shape index (κ1) is 24.6. The lowest BCUT2D eigenvalue weighted by atomic mass is 9.49. The Kier molecular flexibility index (Phi) is 6.59. The van der Waals surface area contributed by atoms with Gasteiger partial charge < -0.3 is 4.74 Å². The molecule has 0 spiro atoms. The predicted octanol–water partition coefficient (Wildman–Crippen LogP) is 3.63. The summed E-state index contributed by atoms with van der Waals surface area (Å²) in [6.45, 7) is 2.35. The lowest BCUT2D eigenvalue weighted by Crippen LogP contribution is -2.50. The van der Waals surface area contributed by atoms with E-state index in [1.54, 1.807) is 0 Å². The van der Waals surface area contributed by atoms with E-state index in [9.17, 15) is 18.0 Å². The Hall–Kier alpha value is -2.13. The van der Waals surface area contributed by atoms with Gasteiger partial charge in [0.25, 0.3) is 5.91 Å². The minimum Gasteiger partial charge on any atom is -0.495 e. The summed E-state index contributed by atoms with van der Waals surface area (Å²) in [5, 5.41) is 0. The van der Waals surface area contributed by atoms with E-state index < -0.39 is 15.9 Å². The lowest BCUT2D eigenvalue weighted by molar-refractivity contribution is -0.130. The van der Waals surface area contributed by atoms with Gasteiger partial charge in [-0.1, -0.05) is 6.42 Å². The van der Waals surface area contributed by atoms with Gasteiger partial charge >= 0.3 is 0 Å². The second-order valence-corrected chi connectivity index (χ2v) is 13.3. The van der Waals surface area contributed by atoms with Crippen LogP contribution in [0.1, 0.15) is 81.5 Å². The van der Waals surface area contributed by atoms with Crippen molar-refractivity contribution in [2.45, 2.75) is 82.1 Å². The monoisotopic (exact) mass is 503 g/mol. The van der Waals surface area contributed by atoms with Gasteiger partial charge in [-0.05, 0) is 99.7 Å². The number of hydrazine groups is 1.